The second-order valence-electron chi connectivity index (χ2n) is 6.44. The fourth-order valence-corrected chi connectivity index (χ4v) is 6.14. The summed E-state index contributed by atoms with van der Waals surface area (Å²) in [5.41, 5.74) is 6.23. The van der Waals surface area contributed by atoms with Crippen molar-refractivity contribution in [1.82, 2.24) is 4.57 Å². The smallest absolute Gasteiger partial charge is 0.338 e. The molecule has 0 aromatic carbocycles. The quantitative estimate of drug-likeness (QED) is 0.565. The molecule has 1 atom stereocenters. The van der Waals surface area contributed by atoms with Crippen molar-refractivity contribution in [2.75, 3.05) is 13.7 Å². The molecular formula is C21H18N2O5S3. The van der Waals surface area contributed by atoms with E-state index in [0.29, 0.717) is 9.20 Å². The van der Waals surface area contributed by atoms with E-state index in [2.05, 4.69) is 0 Å². The van der Waals surface area contributed by atoms with E-state index in [-0.39, 0.29) is 23.6 Å². The SMILES string of the molecule is CCOC(=O)C1=C(N)n2c(s/c(=C/c3cccs3)c2=O)=C(C(=O)OC)[C@H]1c1cccs1. The van der Waals surface area contributed by atoms with E-state index in [1.165, 1.54) is 34.4 Å². The first-order valence-electron chi connectivity index (χ1n) is 9.28. The minimum atomic E-state index is -0.792. The number of nitrogens with two attached hydrogens (primary N) is 1. The van der Waals surface area contributed by atoms with Crippen LogP contribution >= 0.6 is 34.0 Å². The number of methoxy groups -OCH3 is 1. The van der Waals surface area contributed by atoms with Crippen LogP contribution in [0.1, 0.15) is 22.6 Å². The van der Waals surface area contributed by atoms with Gasteiger partial charge in [-0.25, -0.2) is 9.59 Å². The molecule has 7 nitrogen and oxygen atoms in total. The number of hydrogen-bond donors (Lipinski definition) is 1. The maximum absolute atomic E-state index is 13.2. The molecule has 31 heavy (non-hydrogen) atoms. The maximum Gasteiger partial charge on any atom is 0.338 e. The highest BCUT2D eigenvalue weighted by molar-refractivity contribution is 7.11. The number of fused-ring (bicyclic) bond motifs is 1. The number of carbonyl (C=O) groups is 2. The van der Waals surface area contributed by atoms with Gasteiger partial charge in [0.25, 0.3) is 5.56 Å². The van der Waals surface area contributed by atoms with E-state index in [1.807, 2.05) is 35.0 Å². The number of nitrogens with zero attached hydrogens (tertiary/aromatic N) is 1. The molecule has 10 heteroatoms. The van der Waals surface area contributed by atoms with Crippen molar-refractivity contribution in [2.45, 2.75) is 12.8 Å². The molecule has 3 aromatic rings. The summed E-state index contributed by atoms with van der Waals surface area (Å²) in [5, 5.41) is 3.75. The third kappa shape index (κ3) is 3.67. The van der Waals surface area contributed by atoms with Crippen LogP contribution in [-0.2, 0) is 19.1 Å². The van der Waals surface area contributed by atoms with Crippen molar-refractivity contribution < 1.29 is 19.1 Å². The Kier molecular flexibility index (Phi) is 5.94. The summed E-state index contributed by atoms with van der Waals surface area (Å²) in [6, 6.07) is 7.40. The Labute approximate surface area is 189 Å². The van der Waals surface area contributed by atoms with Gasteiger partial charge in [0, 0.05) is 9.75 Å². The molecule has 0 spiro atoms. The Hall–Kier alpha value is -2.95. The van der Waals surface area contributed by atoms with Gasteiger partial charge >= 0.3 is 11.9 Å². The number of rotatable bonds is 5. The van der Waals surface area contributed by atoms with E-state index >= 15 is 0 Å². The van der Waals surface area contributed by atoms with Crippen molar-refractivity contribution in [3.63, 3.8) is 0 Å². The van der Waals surface area contributed by atoms with Crippen LogP contribution in [0.3, 0.4) is 0 Å². The van der Waals surface area contributed by atoms with Gasteiger partial charge in [0.2, 0.25) is 0 Å². The molecule has 160 valence electrons. The highest BCUT2D eigenvalue weighted by atomic mass is 32.1. The van der Waals surface area contributed by atoms with Crippen molar-refractivity contribution in [3.8, 4) is 0 Å². The first-order chi connectivity index (χ1) is 15.0. The van der Waals surface area contributed by atoms with Crippen molar-refractivity contribution in [3.05, 3.63) is 69.9 Å². The van der Waals surface area contributed by atoms with E-state index in [4.69, 9.17) is 15.2 Å². The minimum Gasteiger partial charge on any atom is -0.466 e. The standard InChI is InChI=1S/C21H18N2O5S3/c1-3-28-21(26)15-14(12-7-5-9-30-12)16(20(25)27-2)19-23(17(15)22)18(24)13(31-19)10-11-6-4-8-29-11/h4-10,14H,3,22H2,1-2H3/b13-10+/t14-/m0/s1. The Bertz CT molecular complexity index is 1340. The summed E-state index contributed by atoms with van der Waals surface area (Å²) in [5.74, 6) is -2.14. The van der Waals surface area contributed by atoms with Gasteiger partial charge in [-0.2, -0.15) is 0 Å². The van der Waals surface area contributed by atoms with Crippen LogP contribution < -0.4 is 20.5 Å². The predicted octanol–water partition coefficient (Wildman–Crippen LogP) is 1.67. The molecule has 0 unspecified atom stereocenters. The third-order valence-electron chi connectivity index (χ3n) is 4.69. The molecule has 4 rings (SSSR count). The summed E-state index contributed by atoms with van der Waals surface area (Å²) in [7, 11) is 1.27. The molecule has 0 aliphatic carbocycles. The second-order valence-corrected chi connectivity index (χ2v) is 9.43. The highest BCUT2D eigenvalue weighted by Crippen LogP contribution is 2.39. The first-order valence-corrected chi connectivity index (χ1v) is 11.9. The zero-order chi connectivity index (χ0) is 22.1. The number of ether oxygens (including phenoxy) is 2. The zero-order valence-corrected chi connectivity index (χ0v) is 19.1. The number of hydrogen-bond acceptors (Lipinski definition) is 9. The van der Waals surface area contributed by atoms with Crippen molar-refractivity contribution >= 4 is 63.4 Å². The summed E-state index contributed by atoms with van der Waals surface area (Å²) >= 11 is 4.01. The Morgan fingerprint density at radius 3 is 2.52 bits per heavy atom. The minimum absolute atomic E-state index is 0.0356. The Morgan fingerprint density at radius 2 is 1.90 bits per heavy atom. The number of esters is 2. The van der Waals surface area contributed by atoms with Crippen molar-refractivity contribution in [1.29, 1.82) is 0 Å². The van der Waals surface area contributed by atoms with Gasteiger partial charge in [0.15, 0.2) is 0 Å². The van der Waals surface area contributed by atoms with Crippen molar-refractivity contribution in [2.24, 2.45) is 5.73 Å². The summed E-state index contributed by atoms with van der Waals surface area (Å²) in [6.45, 7) is 1.81. The van der Waals surface area contributed by atoms with E-state index in [9.17, 15) is 14.4 Å². The largest absolute Gasteiger partial charge is 0.466 e. The van der Waals surface area contributed by atoms with Crippen LogP contribution in [0.15, 0.2) is 45.4 Å². The number of carbonyl (C=O) groups excluding carboxylic acids is 2. The average molecular weight is 475 g/mol. The summed E-state index contributed by atoms with van der Waals surface area (Å²) in [4.78, 5) is 40.7. The van der Waals surface area contributed by atoms with Crippen LogP contribution in [0.25, 0.3) is 17.5 Å². The molecule has 2 N–H and O–H groups in total. The van der Waals surface area contributed by atoms with Gasteiger partial charge in [-0.1, -0.05) is 12.1 Å². The highest BCUT2D eigenvalue weighted by Gasteiger charge is 2.40. The lowest BCUT2D eigenvalue weighted by molar-refractivity contribution is -0.138. The van der Waals surface area contributed by atoms with Crippen LogP contribution in [0.4, 0.5) is 0 Å². The molecule has 3 aromatic heterocycles. The van der Waals surface area contributed by atoms with Crippen LogP contribution in [0.5, 0.6) is 0 Å². The lowest BCUT2D eigenvalue weighted by atomic mass is 9.88. The lowest BCUT2D eigenvalue weighted by Crippen LogP contribution is -2.41. The van der Waals surface area contributed by atoms with E-state index in [1.54, 1.807) is 13.0 Å². The summed E-state index contributed by atoms with van der Waals surface area (Å²) in [6.07, 6.45) is 1.75. The van der Waals surface area contributed by atoms with Gasteiger partial charge < -0.3 is 15.2 Å². The molecule has 0 fully saturated rings. The molecule has 0 radical (unpaired) electrons. The summed E-state index contributed by atoms with van der Waals surface area (Å²) < 4.78 is 12.2. The number of aromatic nitrogens is 1. The van der Waals surface area contributed by atoms with E-state index < -0.39 is 23.4 Å². The van der Waals surface area contributed by atoms with Gasteiger partial charge in [-0.05, 0) is 35.9 Å². The van der Waals surface area contributed by atoms with Gasteiger partial charge in [-0.3, -0.25) is 9.36 Å². The average Bonchev–Trinajstić information content (AvgIpc) is 3.50. The van der Waals surface area contributed by atoms with Crippen LogP contribution in [0.2, 0.25) is 0 Å². The monoisotopic (exact) mass is 474 g/mol. The van der Waals surface area contributed by atoms with Crippen LogP contribution in [-0.4, -0.2) is 30.2 Å². The van der Waals surface area contributed by atoms with Gasteiger partial charge in [0.05, 0.1) is 35.3 Å². The zero-order valence-electron chi connectivity index (χ0n) is 16.6. The Morgan fingerprint density at radius 1 is 1.16 bits per heavy atom. The molecule has 0 saturated carbocycles. The fraction of sp³-hybridized carbons (Fsp3) is 0.190. The third-order valence-corrected chi connectivity index (χ3v) is 7.56. The fourth-order valence-electron chi connectivity index (χ4n) is 3.41. The molecule has 4 heterocycles. The topological polar surface area (TPSA) is 101 Å². The molecule has 1 aliphatic heterocycles. The number of thiophene rings is 2. The predicted molar refractivity (Wildman–Crippen MR) is 122 cm³/mol. The first kappa shape index (κ1) is 21.3. The van der Waals surface area contributed by atoms with E-state index in [0.717, 1.165) is 21.1 Å². The molecule has 0 saturated heterocycles. The molecule has 0 amide bonds. The lowest BCUT2D eigenvalue weighted by Gasteiger charge is -2.25. The molecule has 1 aliphatic rings. The second kappa shape index (κ2) is 8.66. The van der Waals surface area contributed by atoms with Gasteiger partial charge in [-0.15, -0.1) is 34.0 Å². The maximum atomic E-state index is 13.2. The molecular weight excluding hydrogens is 456 g/mol. The number of thiazole rings is 1. The molecule has 0 bridgehead atoms. The Balaban J connectivity index is 2.12. The normalized spacial score (nSPS) is 16.4. The van der Waals surface area contributed by atoms with Gasteiger partial charge in [0.1, 0.15) is 10.5 Å². The van der Waals surface area contributed by atoms with Crippen LogP contribution in [0, 0.1) is 0 Å².